The molecule has 0 bridgehead atoms. The number of sulfonamides is 1. The Hall–Kier alpha value is -2.99. The zero-order valence-electron chi connectivity index (χ0n) is 21.9. The molecule has 206 valence electrons. The van der Waals surface area contributed by atoms with Gasteiger partial charge in [0.25, 0.3) is 5.92 Å². The van der Waals surface area contributed by atoms with Gasteiger partial charge in [-0.2, -0.15) is 0 Å². The highest BCUT2D eigenvalue weighted by Crippen LogP contribution is 2.29. The molecule has 1 aromatic carbocycles. The summed E-state index contributed by atoms with van der Waals surface area (Å²) in [6.07, 6.45) is 5.30. The van der Waals surface area contributed by atoms with Crippen molar-refractivity contribution in [2.45, 2.75) is 64.0 Å². The first kappa shape index (κ1) is 28.0. The van der Waals surface area contributed by atoms with Gasteiger partial charge in [0.2, 0.25) is 16.0 Å². The van der Waals surface area contributed by atoms with Gasteiger partial charge in [0.1, 0.15) is 17.1 Å². The van der Waals surface area contributed by atoms with E-state index >= 15 is 0 Å². The average molecular weight is 551 g/mol. The van der Waals surface area contributed by atoms with E-state index in [0.29, 0.717) is 40.3 Å². The number of nitrogens with zero attached hydrogens (tertiary/aromatic N) is 4. The van der Waals surface area contributed by atoms with Crippen molar-refractivity contribution in [3.05, 3.63) is 41.8 Å². The van der Waals surface area contributed by atoms with Crippen LogP contribution in [0.1, 0.15) is 44.6 Å². The summed E-state index contributed by atoms with van der Waals surface area (Å²) in [4.78, 5) is 15.9. The highest BCUT2D eigenvalue weighted by atomic mass is 32.2. The van der Waals surface area contributed by atoms with E-state index in [1.54, 1.807) is 12.3 Å². The van der Waals surface area contributed by atoms with Crippen molar-refractivity contribution in [2.75, 3.05) is 29.9 Å². The van der Waals surface area contributed by atoms with Crippen molar-refractivity contribution in [3.8, 4) is 11.3 Å². The molecule has 1 saturated carbocycles. The molecule has 0 aliphatic heterocycles. The lowest BCUT2D eigenvalue weighted by atomic mass is 9.91. The second-order valence-corrected chi connectivity index (χ2v) is 11.9. The van der Waals surface area contributed by atoms with Crippen LogP contribution in [0.4, 0.5) is 24.8 Å². The van der Waals surface area contributed by atoms with Crippen LogP contribution in [0.3, 0.4) is 0 Å². The number of nitrogens with one attached hydrogen (secondary N) is 2. The molecule has 0 radical (unpaired) electrons. The summed E-state index contributed by atoms with van der Waals surface area (Å²) < 4.78 is 67.9. The quantitative estimate of drug-likeness (QED) is 0.377. The Morgan fingerprint density at radius 3 is 2.45 bits per heavy atom. The van der Waals surface area contributed by atoms with Crippen molar-refractivity contribution >= 4 is 32.7 Å². The van der Waals surface area contributed by atoms with Crippen LogP contribution in [0.25, 0.3) is 22.3 Å². The number of pyridine rings is 1. The van der Waals surface area contributed by atoms with Crippen molar-refractivity contribution < 1.29 is 21.6 Å². The molecule has 12 heteroatoms. The normalized spacial score (nSPS) is 18.6. The molecule has 2 heterocycles. The van der Waals surface area contributed by atoms with Crippen LogP contribution < -0.4 is 10.0 Å². The Kier molecular flexibility index (Phi) is 8.12. The molecule has 0 spiro atoms. The second kappa shape index (κ2) is 11.0. The fourth-order valence-electron chi connectivity index (χ4n) is 4.66. The maximum Gasteiger partial charge on any atom is 0.263 e. The van der Waals surface area contributed by atoms with E-state index in [4.69, 9.17) is 0 Å². The van der Waals surface area contributed by atoms with E-state index < -0.39 is 39.6 Å². The molecule has 1 aliphatic rings. The van der Waals surface area contributed by atoms with Gasteiger partial charge in [-0.25, -0.2) is 36.5 Å². The van der Waals surface area contributed by atoms with Crippen LogP contribution in [0.2, 0.25) is 0 Å². The number of aryl methyl sites for hydroxylation is 1. The summed E-state index contributed by atoms with van der Waals surface area (Å²) in [6.45, 7) is 3.06. The third-order valence-electron chi connectivity index (χ3n) is 6.95. The summed E-state index contributed by atoms with van der Waals surface area (Å²) in [5, 5.41) is 3.43. The Labute approximate surface area is 221 Å². The van der Waals surface area contributed by atoms with E-state index in [1.807, 2.05) is 11.6 Å². The minimum atomic E-state index is -4.44. The first-order valence-electron chi connectivity index (χ1n) is 12.6. The maximum absolute atomic E-state index is 14.8. The zero-order chi connectivity index (χ0) is 27.7. The molecule has 0 amide bonds. The summed E-state index contributed by atoms with van der Waals surface area (Å²) in [5.41, 5.74) is 2.47. The van der Waals surface area contributed by atoms with Crippen LogP contribution >= 0.6 is 0 Å². The van der Waals surface area contributed by atoms with Gasteiger partial charge in [0.15, 0.2) is 0 Å². The Bertz CT molecular complexity index is 1410. The predicted molar refractivity (Wildman–Crippen MR) is 143 cm³/mol. The molecular formula is C26H33F3N6O2S. The summed E-state index contributed by atoms with van der Waals surface area (Å²) >= 11 is 0. The molecule has 1 fully saturated rings. The van der Waals surface area contributed by atoms with Gasteiger partial charge < -0.3 is 10.2 Å². The first-order valence-corrected chi connectivity index (χ1v) is 14.3. The third-order valence-corrected chi connectivity index (χ3v) is 8.28. The Morgan fingerprint density at radius 2 is 1.82 bits per heavy atom. The van der Waals surface area contributed by atoms with E-state index in [-0.39, 0.29) is 0 Å². The van der Waals surface area contributed by atoms with E-state index in [0.717, 1.165) is 37.3 Å². The fraction of sp³-hybridized carbons (Fsp3) is 0.500. The maximum atomic E-state index is 14.8. The molecule has 2 aromatic heterocycles. The van der Waals surface area contributed by atoms with E-state index in [2.05, 4.69) is 39.3 Å². The molecule has 0 saturated heterocycles. The molecule has 0 atom stereocenters. The second-order valence-electron chi connectivity index (χ2n) is 10.1. The van der Waals surface area contributed by atoms with Gasteiger partial charge in [0.05, 0.1) is 23.1 Å². The van der Waals surface area contributed by atoms with Gasteiger partial charge in [0, 0.05) is 24.1 Å². The molecule has 8 nitrogen and oxygen atoms in total. The van der Waals surface area contributed by atoms with E-state index in [9.17, 15) is 21.6 Å². The number of fused-ring (bicyclic) bond motifs is 1. The average Bonchev–Trinajstić information content (AvgIpc) is 2.85. The number of alkyl halides is 2. The van der Waals surface area contributed by atoms with Crippen LogP contribution in [0, 0.1) is 12.7 Å². The topological polar surface area (TPSA) is 100 Å². The molecule has 3 aromatic rings. The lowest BCUT2D eigenvalue weighted by molar-refractivity contribution is 0.0219. The highest BCUT2D eigenvalue weighted by Gasteiger charge is 2.34. The summed E-state index contributed by atoms with van der Waals surface area (Å²) in [5.74, 6) is -5.18. The lowest BCUT2D eigenvalue weighted by Crippen LogP contribution is -2.36. The van der Waals surface area contributed by atoms with Gasteiger partial charge in [-0.05, 0) is 70.5 Å². The number of hydrogen-bond acceptors (Lipinski definition) is 7. The Balaban J connectivity index is 1.50. The monoisotopic (exact) mass is 550 g/mol. The molecule has 2 N–H and O–H groups in total. The zero-order valence-corrected chi connectivity index (χ0v) is 22.7. The summed E-state index contributed by atoms with van der Waals surface area (Å²) in [7, 11) is -0.225. The predicted octanol–water partition coefficient (Wildman–Crippen LogP) is 5.21. The number of hydrogen-bond donors (Lipinski definition) is 2. The Morgan fingerprint density at radius 1 is 1.11 bits per heavy atom. The van der Waals surface area contributed by atoms with Crippen LogP contribution in [0.5, 0.6) is 0 Å². The molecule has 4 rings (SSSR count). The van der Waals surface area contributed by atoms with Crippen molar-refractivity contribution in [1.82, 2.24) is 19.9 Å². The fourth-order valence-corrected chi connectivity index (χ4v) is 5.99. The van der Waals surface area contributed by atoms with Crippen LogP contribution in [-0.2, 0) is 10.0 Å². The molecular weight excluding hydrogens is 517 g/mol. The highest BCUT2D eigenvalue weighted by molar-refractivity contribution is 7.92. The van der Waals surface area contributed by atoms with Crippen LogP contribution in [-0.4, -0.2) is 66.1 Å². The molecule has 38 heavy (non-hydrogen) atoms. The number of anilines is 2. The molecule has 0 unspecified atom stereocenters. The standard InChI is InChI=1S/C26H33F3N6O2S/c1-5-26(28,29)15-38(36,37)34-21-11-6-17(13-20(21)27)22-12-16(2)24-23(32-22)14-30-25(33-24)31-18-7-9-19(10-8-18)35(3)4/h6,11-14,18-19,34H,5,7-10,15H2,1-4H3,(H,30,31,33). The number of benzene rings is 1. The van der Waals surface area contributed by atoms with Crippen molar-refractivity contribution in [3.63, 3.8) is 0 Å². The number of aromatic nitrogens is 3. The largest absolute Gasteiger partial charge is 0.351 e. The lowest BCUT2D eigenvalue weighted by Gasteiger charge is -2.32. The minimum Gasteiger partial charge on any atom is -0.351 e. The number of halogens is 3. The number of rotatable bonds is 9. The smallest absolute Gasteiger partial charge is 0.263 e. The van der Waals surface area contributed by atoms with Crippen LogP contribution in [0.15, 0.2) is 30.5 Å². The first-order chi connectivity index (χ1) is 17.9. The summed E-state index contributed by atoms with van der Waals surface area (Å²) in [6, 6.07) is 6.46. The van der Waals surface area contributed by atoms with Gasteiger partial charge in [-0.3, -0.25) is 4.72 Å². The third kappa shape index (κ3) is 6.71. The van der Waals surface area contributed by atoms with E-state index in [1.165, 1.54) is 19.1 Å². The van der Waals surface area contributed by atoms with Crippen molar-refractivity contribution in [2.24, 2.45) is 0 Å². The van der Waals surface area contributed by atoms with Crippen molar-refractivity contribution in [1.29, 1.82) is 0 Å². The minimum absolute atomic E-state index is 0.309. The SMILES string of the molecule is CCC(F)(F)CS(=O)(=O)Nc1ccc(-c2cc(C)c3nc(NC4CCC(N(C)C)CC4)ncc3n2)cc1F. The van der Waals surface area contributed by atoms with Gasteiger partial charge >= 0.3 is 0 Å². The van der Waals surface area contributed by atoms with Gasteiger partial charge in [-0.1, -0.05) is 13.0 Å². The molecule has 1 aliphatic carbocycles. The van der Waals surface area contributed by atoms with Gasteiger partial charge in [-0.15, -0.1) is 0 Å².